The predicted octanol–water partition coefficient (Wildman–Crippen LogP) is 6.85. The summed E-state index contributed by atoms with van der Waals surface area (Å²) in [6.07, 6.45) is -5.93. The quantitative estimate of drug-likeness (QED) is 0.0631. The molecular weight excluding hydrogens is 675 g/mol. The molecule has 0 aliphatic carbocycles. The Balaban J connectivity index is 1.59. The molecule has 260 valence electrons. The number of halogens is 3. The summed E-state index contributed by atoms with van der Waals surface area (Å²) in [5.41, 5.74) is 7.29. The third kappa shape index (κ3) is 8.25. The number of hydrogen-bond acceptors (Lipinski definition) is 8. The minimum atomic E-state index is -4.61. The third-order valence-electron chi connectivity index (χ3n) is 7.96. The molecule has 0 saturated heterocycles. The Morgan fingerprint density at radius 2 is 1.74 bits per heavy atom. The van der Waals surface area contributed by atoms with Crippen LogP contribution in [0.3, 0.4) is 0 Å². The fourth-order valence-electron chi connectivity index (χ4n) is 5.42. The molecule has 0 spiro atoms. The lowest BCUT2D eigenvalue weighted by Gasteiger charge is -2.31. The van der Waals surface area contributed by atoms with Crippen molar-refractivity contribution in [1.29, 1.82) is 0 Å². The second kappa shape index (κ2) is 15.5. The van der Waals surface area contributed by atoms with Crippen LogP contribution in [-0.2, 0) is 32.1 Å². The average molecular weight is 708 g/mol. The van der Waals surface area contributed by atoms with Gasteiger partial charge in [0, 0.05) is 47.7 Å². The van der Waals surface area contributed by atoms with Crippen LogP contribution in [-0.4, -0.2) is 49.8 Å². The molecule has 0 saturated carbocycles. The summed E-state index contributed by atoms with van der Waals surface area (Å²) in [4.78, 5) is 22.1. The van der Waals surface area contributed by atoms with Gasteiger partial charge in [0.2, 0.25) is 5.90 Å². The highest BCUT2D eigenvalue weighted by atomic mass is 32.2. The van der Waals surface area contributed by atoms with Crippen LogP contribution in [0, 0.1) is 0 Å². The Morgan fingerprint density at radius 3 is 2.44 bits per heavy atom. The van der Waals surface area contributed by atoms with Gasteiger partial charge in [-0.15, -0.1) is 0 Å². The van der Waals surface area contributed by atoms with E-state index in [0.717, 1.165) is 12.1 Å². The maximum absolute atomic E-state index is 14.4. The van der Waals surface area contributed by atoms with Crippen molar-refractivity contribution in [2.45, 2.75) is 42.1 Å². The van der Waals surface area contributed by atoms with E-state index in [1.807, 2.05) is 0 Å². The summed E-state index contributed by atoms with van der Waals surface area (Å²) in [7, 11) is -3.98. The summed E-state index contributed by atoms with van der Waals surface area (Å²) >= 11 is 0. The molecule has 5 rings (SSSR count). The van der Waals surface area contributed by atoms with Gasteiger partial charge in [-0.05, 0) is 59.6 Å². The van der Waals surface area contributed by atoms with Crippen molar-refractivity contribution in [3.8, 4) is 5.75 Å². The number of aliphatic hydroxyl groups excluding tert-OH is 1. The molecule has 11 nitrogen and oxygen atoms in total. The van der Waals surface area contributed by atoms with E-state index in [9.17, 15) is 31.9 Å². The topological polar surface area (TPSA) is 163 Å². The largest absolute Gasteiger partial charge is 0.494 e. The number of alkyl halides is 3. The Morgan fingerprint density at radius 1 is 1.02 bits per heavy atom. The SMILES string of the molecule is [N-]=[N+]=Nc1ccccc1[C@H]1OC(c2ccc(OCCCO)cc2)=N[C@@]1(CCS(=O)(=O)c1ccccc1)C(=O)NCc1cccc(C(F)(F)F)c1. The average Bonchev–Trinajstić information content (AvgIpc) is 3.51. The fraction of sp³-hybridized carbons (Fsp3) is 0.257. The molecule has 0 fully saturated rings. The van der Waals surface area contributed by atoms with E-state index in [-0.39, 0.29) is 47.4 Å². The number of sulfone groups is 1. The van der Waals surface area contributed by atoms with E-state index in [0.29, 0.717) is 17.7 Å². The van der Waals surface area contributed by atoms with E-state index in [2.05, 4.69) is 15.3 Å². The van der Waals surface area contributed by atoms with E-state index in [4.69, 9.17) is 19.6 Å². The van der Waals surface area contributed by atoms with Crippen LogP contribution in [0.2, 0.25) is 0 Å². The number of amides is 1. The van der Waals surface area contributed by atoms with Crippen molar-refractivity contribution in [2.24, 2.45) is 10.1 Å². The van der Waals surface area contributed by atoms with Crippen LogP contribution in [0.15, 0.2) is 118 Å². The number of benzene rings is 4. The van der Waals surface area contributed by atoms with Crippen molar-refractivity contribution in [3.05, 3.63) is 136 Å². The molecule has 0 unspecified atom stereocenters. The molecule has 1 heterocycles. The molecule has 4 aromatic carbocycles. The van der Waals surface area contributed by atoms with Gasteiger partial charge in [-0.1, -0.05) is 59.7 Å². The number of ether oxygens (including phenoxy) is 2. The number of nitrogens with one attached hydrogen (secondary N) is 1. The standard InChI is InChI=1S/C35H32F3N5O6S/c36-35(37,38)26-9-6-8-24(22-26)23-40-33(45)34(18-21-50(46,47)28-10-2-1-3-11-28)31(29-12-4-5-13-30(29)42-43-39)49-32(41-34)25-14-16-27(17-15-25)48-20-7-19-44/h1-6,8-17,22,31,44H,7,18-21,23H2,(H,40,45)/t31-,34-/m1/s1. The highest BCUT2D eigenvalue weighted by Crippen LogP contribution is 2.46. The normalized spacial score (nSPS) is 17.3. The highest BCUT2D eigenvalue weighted by Gasteiger charge is 2.54. The highest BCUT2D eigenvalue weighted by molar-refractivity contribution is 7.91. The molecule has 50 heavy (non-hydrogen) atoms. The van der Waals surface area contributed by atoms with Crippen molar-refractivity contribution in [3.63, 3.8) is 0 Å². The second-order valence-corrected chi connectivity index (χ2v) is 13.4. The molecule has 1 aliphatic rings. The summed E-state index contributed by atoms with van der Waals surface area (Å²) in [5.74, 6) is -0.923. The number of nitrogens with zero attached hydrogens (tertiary/aromatic N) is 4. The molecule has 1 aliphatic heterocycles. The maximum atomic E-state index is 14.4. The molecule has 4 aromatic rings. The molecule has 0 aromatic heterocycles. The zero-order chi connectivity index (χ0) is 35.8. The fourth-order valence-corrected chi connectivity index (χ4v) is 6.81. The Bertz CT molecular complexity index is 2000. The van der Waals surface area contributed by atoms with Gasteiger partial charge in [0.15, 0.2) is 21.5 Å². The number of aliphatic hydroxyl groups is 1. The van der Waals surface area contributed by atoms with Gasteiger partial charge >= 0.3 is 6.18 Å². The zero-order valence-electron chi connectivity index (χ0n) is 26.5. The minimum Gasteiger partial charge on any atom is -0.494 e. The van der Waals surface area contributed by atoms with Crippen molar-refractivity contribution in [2.75, 3.05) is 19.0 Å². The van der Waals surface area contributed by atoms with E-state index in [1.54, 1.807) is 60.7 Å². The Labute approximate surface area is 285 Å². The number of carbonyl (C=O) groups excluding carboxylic acids is 1. The molecule has 15 heteroatoms. The van der Waals surface area contributed by atoms with Gasteiger partial charge in [0.05, 0.1) is 22.8 Å². The van der Waals surface area contributed by atoms with Crippen LogP contribution in [0.1, 0.15) is 41.2 Å². The molecular formula is C35H32F3N5O6S. The first-order chi connectivity index (χ1) is 24.0. The summed E-state index contributed by atoms with van der Waals surface area (Å²) in [6.45, 7) is -0.110. The van der Waals surface area contributed by atoms with Gasteiger partial charge in [-0.2, -0.15) is 13.2 Å². The van der Waals surface area contributed by atoms with Crippen molar-refractivity contribution in [1.82, 2.24) is 5.32 Å². The second-order valence-electron chi connectivity index (χ2n) is 11.3. The van der Waals surface area contributed by atoms with Crippen LogP contribution in [0.4, 0.5) is 18.9 Å². The van der Waals surface area contributed by atoms with E-state index < -0.39 is 51.3 Å². The number of aliphatic imine (C=N–C) groups is 1. The van der Waals surface area contributed by atoms with Crippen molar-refractivity contribution < 1.29 is 41.0 Å². The molecule has 1 amide bonds. The zero-order valence-corrected chi connectivity index (χ0v) is 27.3. The van der Waals surface area contributed by atoms with Gasteiger partial charge in [-0.25, -0.2) is 13.4 Å². The molecule has 2 atom stereocenters. The van der Waals surface area contributed by atoms with Gasteiger partial charge < -0.3 is 19.9 Å². The van der Waals surface area contributed by atoms with Crippen LogP contribution in [0.5, 0.6) is 5.75 Å². The summed E-state index contributed by atoms with van der Waals surface area (Å²) in [6, 6.07) is 24.9. The maximum Gasteiger partial charge on any atom is 0.416 e. The third-order valence-corrected chi connectivity index (χ3v) is 9.70. The number of azide groups is 1. The van der Waals surface area contributed by atoms with Crippen LogP contribution < -0.4 is 10.1 Å². The van der Waals surface area contributed by atoms with Gasteiger partial charge in [0.25, 0.3) is 5.91 Å². The first-order valence-electron chi connectivity index (χ1n) is 15.4. The molecule has 0 radical (unpaired) electrons. The lowest BCUT2D eigenvalue weighted by atomic mass is 9.84. The smallest absolute Gasteiger partial charge is 0.416 e. The lowest BCUT2D eigenvalue weighted by molar-refractivity contribution is -0.137. The lowest BCUT2D eigenvalue weighted by Crippen LogP contribution is -2.49. The number of hydrogen-bond donors (Lipinski definition) is 2. The molecule has 0 bridgehead atoms. The number of rotatable bonds is 14. The summed E-state index contributed by atoms with van der Waals surface area (Å²) in [5, 5.41) is 15.5. The predicted molar refractivity (Wildman–Crippen MR) is 178 cm³/mol. The van der Waals surface area contributed by atoms with Crippen molar-refractivity contribution >= 4 is 27.3 Å². The molecule has 2 N–H and O–H groups in total. The Kier molecular flexibility index (Phi) is 11.1. The van der Waals surface area contributed by atoms with Gasteiger partial charge in [-0.3, -0.25) is 4.79 Å². The first-order valence-corrected chi connectivity index (χ1v) is 17.1. The van der Waals surface area contributed by atoms with Gasteiger partial charge in [0.1, 0.15) is 5.75 Å². The Hall–Kier alpha value is -5.37. The van der Waals surface area contributed by atoms with E-state index in [1.165, 1.54) is 30.3 Å². The first kappa shape index (κ1) is 35.9. The van der Waals surface area contributed by atoms with Crippen LogP contribution in [0.25, 0.3) is 10.4 Å². The minimum absolute atomic E-state index is 0.0189. The van der Waals surface area contributed by atoms with E-state index >= 15 is 0 Å². The summed E-state index contributed by atoms with van der Waals surface area (Å²) < 4.78 is 79.4. The van der Waals surface area contributed by atoms with Crippen LogP contribution >= 0.6 is 0 Å². The number of carbonyl (C=O) groups is 1. The monoisotopic (exact) mass is 707 g/mol.